The van der Waals surface area contributed by atoms with Crippen LogP contribution in [0.4, 0.5) is 5.82 Å². The molecule has 2 fully saturated rings. The third-order valence-corrected chi connectivity index (χ3v) is 7.28. The number of rotatable bonds is 5. The molecule has 0 bridgehead atoms. The van der Waals surface area contributed by atoms with Gasteiger partial charge in [0.1, 0.15) is 5.82 Å². The molecular weight excluding hydrogens is 486 g/mol. The van der Waals surface area contributed by atoms with Gasteiger partial charge in [0.15, 0.2) is 5.82 Å². The van der Waals surface area contributed by atoms with Crippen LogP contribution in [0.15, 0.2) is 22.7 Å². The Morgan fingerprint density at radius 2 is 1.64 bits per heavy atom. The molecule has 0 radical (unpaired) electrons. The first-order valence-corrected chi connectivity index (χ1v) is 15.4. The molecular formula is C32H53N5O2. The van der Waals surface area contributed by atoms with Crippen molar-refractivity contribution in [2.24, 2.45) is 0 Å². The molecule has 0 saturated carbocycles. The molecule has 0 spiro atoms. The van der Waals surface area contributed by atoms with Gasteiger partial charge in [0.25, 0.3) is 5.89 Å². The molecule has 2 aromatic heterocycles. The number of aromatic nitrogens is 3. The molecule has 3 aromatic rings. The summed E-state index contributed by atoms with van der Waals surface area (Å²) in [6.45, 7) is 23.2. The first kappa shape index (κ1) is 32.7. The molecule has 1 N–H and O–H groups in total. The molecule has 2 aliphatic heterocycles. The number of piperidine rings is 1. The summed E-state index contributed by atoms with van der Waals surface area (Å²) in [4.78, 5) is 12.2. The molecule has 0 amide bonds. The summed E-state index contributed by atoms with van der Waals surface area (Å²) in [6, 6.07) is 8.05. The van der Waals surface area contributed by atoms with Gasteiger partial charge in [-0.15, -0.1) is 0 Å². The fourth-order valence-corrected chi connectivity index (χ4v) is 5.37. The standard InChI is InChI=1S/C26H35N5O2.3C2H6/c1-5-19-6-7-23-22(15-19)17(3)24(26-27-18(4)30-33-26)25(29-23)31-11-8-21(14-16(31)2)28-20-9-12-32-13-10-20;3*1-2/h6-7,15-16,20-21,28H,5,8-14H2,1-4H3;3*1-2H3. The van der Waals surface area contributed by atoms with Gasteiger partial charge in [0.05, 0.1) is 11.1 Å². The van der Waals surface area contributed by atoms with E-state index in [9.17, 15) is 0 Å². The van der Waals surface area contributed by atoms with E-state index in [1.807, 2.05) is 48.5 Å². The molecule has 7 nitrogen and oxygen atoms in total. The van der Waals surface area contributed by atoms with Crippen molar-refractivity contribution in [3.8, 4) is 11.5 Å². The molecule has 5 rings (SSSR count). The summed E-state index contributed by atoms with van der Waals surface area (Å²) in [6.07, 6.45) is 5.41. The first-order chi connectivity index (χ1) is 19.0. The highest BCUT2D eigenvalue weighted by atomic mass is 16.5. The minimum atomic E-state index is 0.359. The zero-order valence-corrected chi connectivity index (χ0v) is 26.2. The number of aryl methyl sites for hydroxylation is 3. The second kappa shape index (κ2) is 16.6. The Balaban J connectivity index is 0.000000833. The quantitative estimate of drug-likeness (QED) is 0.356. The van der Waals surface area contributed by atoms with Crippen molar-refractivity contribution < 1.29 is 9.26 Å². The number of fused-ring (bicyclic) bond motifs is 1. The SMILES string of the molecule is CC.CC.CC.CCc1ccc2nc(N3CCC(NC4CCOCC4)CC3C)c(-c3nc(C)no3)c(C)c2c1. The highest BCUT2D eigenvalue weighted by molar-refractivity contribution is 5.92. The zero-order valence-electron chi connectivity index (χ0n) is 26.2. The zero-order chi connectivity index (χ0) is 28.9. The highest BCUT2D eigenvalue weighted by Crippen LogP contribution is 2.38. The van der Waals surface area contributed by atoms with E-state index in [2.05, 4.69) is 59.3 Å². The van der Waals surface area contributed by atoms with Crippen LogP contribution in [-0.4, -0.2) is 53.0 Å². The number of anilines is 1. The van der Waals surface area contributed by atoms with Crippen LogP contribution in [0.25, 0.3) is 22.4 Å². The summed E-state index contributed by atoms with van der Waals surface area (Å²) in [5, 5.41) is 9.13. The van der Waals surface area contributed by atoms with Gasteiger partial charge in [-0.05, 0) is 76.1 Å². The lowest BCUT2D eigenvalue weighted by Crippen LogP contribution is -2.51. The van der Waals surface area contributed by atoms with Crippen molar-refractivity contribution in [3.05, 3.63) is 35.2 Å². The molecule has 2 saturated heterocycles. The van der Waals surface area contributed by atoms with Crippen molar-refractivity contribution in [2.75, 3.05) is 24.7 Å². The normalized spacial score (nSPS) is 19.3. The molecule has 4 heterocycles. The van der Waals surface area contributed by atoms with Crippen LogP contribution in [-0.2, 0) is 11.2 Å². The van der Waals surface area contributed by atoms with E-state index < -0.39 is 0 Å². The number of pyridine rings is 1. The van der Waals surface area contributed by atoms with Gasteiger partial charge in [0.2, 0.25) is 0 Å². The van der Waals surface area contributed by atoms with Gasteiger partial charge < -0.3 is 19.5 Å². The first-order valence-electron chi connectivity index (χ1n) is 15.4. The van der Waals surface area contributed by atoms with Crippen LogP contribution in [0.1, 0.15) is 98.0 Å². The Labute approximate surface area is 237 Å². The smallest absolute Gasteiger partial charge is 0.261 e. The van der Waals surface area contributed by atoms with E-state index >= 15 is 0 Å². The molecule has 218 valence electrons. The number of ether oxygens (including phenoxy) is 1. The third kappa shape index (κ3) is 8.01. The summed E-state index contributed by atoms with van der Waals surface area (Å²) in [7, 11) is 0. The van der Waals surface area contributed by atoms with E-state index in [0.29, 0.717) is 29.8 Å². The third-order valence-electron chi connectivity index (χ3n) is 7.28. The molecule has 2 aliphatic rings. The lowest BCUT2D eigenvalue weighted by atomic mass is 9.94. The Morgan fingerprint density at radius 1 is 0.949 bits per heavy atom. The monoisotopic (exact) mass is 539 g/mol. The average molecular weight is 540 g/mol. The van der Waals surface area contributed by atoms with Crippen molar-refractivity contribution in [1.29, 1.82) is 0 Å². The lowest BCUT2D eigenvalue weighted by molar-refractivity contribution is 0.0733. The fourth-order valence-electron chi connectivity index (χ4n) is 5.37. The second-order valence-corrected chi connectivity index (χ2v) is 9.60. The fraction of sp³-hybridized carbons (Fsp3) is 0.656. The molecule has 1 aromatic carbocycles. The average Bonchev–Trinajstić information content (AvgIpc) is 3.42. The van der Waals surface area contributed by atoms with Crippen molar-refractivity contribution >= 4 is 16.7 Å². The van der Waals surface area contributed by atoms with E-state index in [1.54, 1.807) is 0 Å². The number of hydrogen-bond acceptors (Lipinski definition) is 7. The Hall–Kier alpha value is -2.51. The van der Waals surface area contributed by atoms with Crippen LogP contribution in [0, 0.1) is 13.8 Å². The number of hydrogen-bond donors (Lipinski definition) is 1. The maximum atomic E-state index is 5.67. The summed E-state index contributed by atoms with van der Waals surface area (Å²) < 4.78 is 11.2. The predicted octanol–water partition coefficient (Wildman–Crippen LogP) is 7.67. The largest absolute Gasteiger partial charge is 0.381 e. The highest BCUT2D eigenvalue weighted by Gasteiger charge is 2.32. The summed E-state index contributed by atoms with van der Waals surface area (Å²) in [5.41, 5.74) is 4.46. The molecule has 2 unspecified atom stereocenters. The van der Waals surface area contributed by atoms with Gasteiger partial charge in [-0.3, -0.25) is 0 Å². The number of benzene rings is 1. The molecule has 39 heavy (non-hydrogen) atoms. The molecule has 7 heteroatoms. The number of nitrogens with zero attached hydrogens (tertiary/aromatic N) is 4. The van der Waals surface area contributed by atoms with E-state index in [1.165, 1.54) is 5.56 Å². The molecule has 2 atom stereocenters. The van der Waals surface area contributed by atoms with Crippen LogP contribution in [0.5, 0.6) is 0 Å². The van der Waals surface area contributed by atoms with Gasteiger partial charge >= 0.3 is 0 Å². The number of nitrogens with one attached hydrogen (secondary N) is 1. The maximum Gasteiger partial charge on any atom is 0.261 e. The minimum Gasteiger partial charge on any atom is -0.381 e. The summed E-state index contributed by atoms with van der Waals surface area (Å²) in [5.74, 6) is 2.17. The maximum absolute atomic E-state index is 5.67. The van der Waals surface area contributed by atoms with Crippen LogP contribution < -0.4 is 10.2 Å². The Kier molecular flexibility index (Phi) is 13.9. The van der Waals surface area contributed by atoms with Crippen molar-refractivity contribution in [1.82, 2.24) is 20.4 Å². The van der Waals surface area contributed by atoms with Gasteiger partial charge in [-0.1, -0.05) is 59.7 Å². The van der Waals surface area contributed by atoms with Crippen LogP contribution in [0.2, 0.25) is 0 Å². The van der Waals surface area contributed by atoms with Crippen LogP contribution >= 0.6 is 0 Å². The lowest BCUT2D eigenvalue weighted by Gasteiger charge is -2.41. The van der Waals surface area contributed by atoms with Gasteiger partial charge in [0, 0.05) is 43.3 Å². The summed E-state index contributed by atoms with van der Waals surface area (Å²) >= 11 is 0. The van der Waals surface area contributed by atoms with E-state index in [0.717, 1.165) is 79.7 Å². The van der Waals surface area contributed by atoms with Gasteiger partial charge in [-0.25, -0.2) is 4.98 Å². The predicted molar refractivity (Wildman–Crippen MR) is 165 cm³/mol. The molecule has 0 aliphatic carbocycles. The Morgan fingerprint density at radius 3 is 2.23 bits per heavy atom. The topological polar surface area (TPSA) is 76.3 Å². The van der Waals surface area contributed by atoms with Crippen molar-refractivity contribution in [3.63, 3.8) is 0 Å². The van der Waals surface area contributed by atoms with Crippen molar-refractivity contribution in [2.45, 2.75) is 119 Å². The van der Waals surface area contributed by atoms with Crippen LogP contribution in [0.3, 0.4) is 0 Å². The van der Waals surface area contributed by atoms with E-state index in [4.69, 9.17) is 14.2 Å². The van der Waals surface area contributed by atoms with E-state index in [-0.39, 0.29) is 0 Å². The second-order valence-electron chi connectivity index (χ2n) is 9.60. The Bertz CT molecular complexity index is 1120. The minimum absolute atomic E-state index is 0.359. The van der Waals surface area contributed by atoms with Gasteiger partial charge in [-0.2, -0.15) is 4.98 Å².